The third-order valence-corrected chi connectivity index (χ3v) is 2.29. The van der Waals surface area contributed by atoms with Gasteiger partial charge < -0.3 is 14.6 Å². The molecule has 1 aromatic rings. The fraction of sp³-hybridized carbons (Fsp3) is 0.500. The van der Waals surface area contributed by atoms with Crippen LogP contribution in [-0.4, -0.2) is 24.9 Å². The van der Waals surface area contributed by atoms with Gasteiger partial charge in [-0.05, 0) is 24.6 Å². The maximum Gasteiger partial charge on any atom is 0.191 e. The van der Waals surface area contributed by atoms with Crippen LogP contribution in [0.5, 0.6) is 5.75 Å². The maximum absolute atomic E-state index is 13.5. The number of hydrogen-bond acceptors (Lipinski definition) is 3. The summed E-state index contributed by atoms with van der Waals surface area (Å²) in [6.45, 7) is 1.75. The Labute approximate surface area is 99.0 Å². The van der Waals surface area contributed by atoms with Crippen molar-refractivity contribution < 1.29 is 23.4 Å². The van der Waals surface area contributed by atoms with E-state index >= 15 is 0 Å². The van der Waals surface area contributed by atoms with Crippen LogP contribution >= 0.6 is 0 Å². The molecule has 1 atom stereocenters. The normalized spacial score (nSPS) is 12.5. The smallest absolute Gasteiger partial charge is 0.191 e. The monoisotopic (exact) mass is 246 g/mol. The van der Waals surface area contributed by atoms with Crippen molar-refractivity contribution in [3.05, 3.63) is 29.3 Å². The third-order valence-electron chi connectivity index (χ3n) is 2.29. The van der Waals surface area contributed by atoms with Crippen molar-refractivity contribution in [3.8, 4) is 5.75 Å². The molecular weight excluding hydrogens is 230 g/mol. The molecule has 5 heteroatoms. The summed E-state index contributed by atoms with van der Waals surface area (Å²) in [4.78, 5) is 0. The first-order valence-corrected chi connectivity index (χ1v) is 5.32. The van der Waals surface area contributed by atoms with Gasteiger partial charge in [0, 0.05) is 20.1 Å². The van der Waals surface area contributed by atoms with E-state index in [0.29, 0.717) is 13.0 Å². The Morgan fingerprint density at radius 1 is 1.29 bits per heavy atom. The van der Waals surface area contributed by atoms with Crippen LogP contribution in [-0.2, 0) is 11.3 Å². The minimum absolute atomic E-state index is 0.178. The molecule has 1 aromatic carbocycles. The fourth-order valence-electron chi connectivity index (χ4n) is 1.36. The molecule has 17 heavy (non-hydrogen) atoms. The first kappa shape index (κ1) is 13.9. The summed E-state index contributed by atoms with van der Waals surface area (Å²) in [5, 5.41) is 8.78. The largest absolute Gasteiger partial charge is 0.485 e. The van der Waals surface area contributed by atoms with Gasteiger partial charge in [-0.15, -0.1) is 0 Å². The van der Waals surface area contributed by atoms with E-state index in [-0.39, 0.29) is 11.7 Å². The zero-order valence-electron chi connectivity index (χ0n) is 9.87. The zero-order valence-corrected chi connectivity index (χ0v) is 9.87. The van der Waals surface area contributed by atoms with Crippen molar-refractivity contribution in [2.45, 2.75) is 26.1 Å². The highest BCUT2D eigenvalue weighted by Crippen LogP contribution is 2.24. The van der Waals surface area contributed by atoms with Crippen LogP contribution in [0.15, 0.2) is 12.1 Å². The lowest BCUT2D eigenvalue weighted by atomic mass is 10.2. The maximum atomic E-state index is 13.5. The molecule has 0 radical (unpaired) electrons. The molecule has 96 valence electrons. The summed E-state index contributed by atoms with van der Waals surface area (Å²) in [7, 11) is 1.55. The Kier molecular flexibility index (Phi) is 5.31. The van der Waals surface area contributed by atoms with Gasteiger partial charge in [0.15, 0.2) is 17.4 Å². The van der Waals surface area contributed by atoms with Gasteiger partial charge in [-0.25, -0.2) is 8.78 Å². The van der Waals surface area contributed by atoms with Crippen molar-refractivity contribution in [1.82, 2.24) is 0 Å². The van der Waals surface area contributed by atoms with Gasteiger partial charge in [-0.3, -0.25) is 0 Å². The Morgan fingerprint density at radius 3 is 2.35 bits per heavy atom. The SMILES string of the molecule is COCCC(C)Oc1c(F)cc(CO)cc1F. The molecule has 1 N–H and O–H groups in total. The van der Waals surface area contributed by atoms with Gasteiger partial charge in [0.1, 0.15) is 0 Å². The number of aliphatic hydroxyl groups excluding tert-OH is 1. The van der Waals surface area contributed by atoms with Crippen molar-refractivity contribution in [1.29, 1.82) is 0 Å². The minimum atomic E-state index is -0.807. The molecule has 0 aromatic heterocycles. The highest BCUT2D eigenvalue weighted by molar-refractivity contribution is 5.31. The predicted octanol–water partition coefficient (Wildman–Crippen LogP) is 2.26. The van der Waals surface area contributed by atoms with Gasteiger partial charge in [-0.2, -0.15) is 0 Å². The van der Waals surface area contributed by atoms with E-state index in [2.05, 4.69) is 0 Å². The van der Waals surface area contributed by atoms with E-state index in [4.69, 9.17) is 14.6 Å². The summed E-state index contributed by atoms with van der Waals surface area (Å²) in [6.07, 6.45) is 0.191. The van der Waals surface area contributed by atoms with Crippen molar-refractivity contribution in [3.63, 3.8) is 0 Å². The molecule has 0 amide bonds. The molecule has 0 aliphatic carbocycles. The van der Waals surface area contributed by atoms with Crippen LogP contribution in [0.4, 0.5) is 8.78 Å². The van der Waals surface area contributed by atoms with Crippen molar-refractivity contribution >= 4 is 0 Å². The van der Waals surface area contributed by atoms with Gasteiger partial charge in [-0.1, -0.05) is 0 Å². The zero-order chi connectivity index (χ0) is 12.8. The quantitative estimate of drug-likeness (QED) is 0.836. The lowest BCUT2D eigenvalue weighted by Crippen LogP contribution is -2.16. The van der Waals surface area contributed by atoms with E-state index in [1.165, 1.54) is 0 Å². The molecule has 0 fully saturated rings. The summed E-state index contributed by atoms with van der Waals surface area (Å²) in [5.74, 6) is -2.03. The third kappa shape index (κ3) is 3.94. The molecule has 0 saturated heterocycles. The van der Waals surface area contributed by atoms with Crippen molar-refractivity contribution in [2.75, 3.05) is 13.7 Å². The van der Waals surface area contributed by atoms with Crippen LogP contribution in [0.25, 0.3) is 0 Å². The molecule has 1 rings (SSSR count). The number of methoxy groups -OCH3 is 1. The van der Waals surface area contributed by atoms with E-state index in [1.807, 2.05) is 0 Å². The molecule has 3 nitrogen and oxygen atoms in total. The standard InChI is InChI=1S/C12H16F2O3/c1-8(3-4-16-2)17-12-10(13)5-9(7-15)6-11(12)14/h5-6,8,15H,3-4,7H2,1-2H3. The Balaban J connectivity index is 2.77. The lowest BCUT2D eigenvalue weighted by molar-refractivity contribution is 0.128. The lowest BCUT2D eigenvalue weighted by Gasteiger charge is -2.15. The van der Waals surface area contributed by atoms with E-state index in [9.17, 15) is 8.78 Å². The van der Waals surface area contributed by atoms with Crippen LogP contribution < -0.4 is 4.74 Å². The molecular formula is C12H16F2O3. The summed E-state index contributed by atoms with van der Waals surface area (Å²) in [5.41, 5.74) is 0.178. The molecule has 0 bridgehead atoms. The van der Waals surface area contributed by atoms with Crippen LogP contribution in [0.2, 0.25) is 0 Å². The van der Waals surface area contributed by atoms with Gasteiger partial charge >= 0.3 is 0 Å². The summed E-state index contributed by atoms with van der Waals surface area (Å²) < 4.78 is 37.0. The molecule has 0 heterocycles. The minimum Gasteiger partial charge on any atom is -0.485 e. The molecule has 0 aliphatic rings. The first-order chi connectivity index (χ1) is 8.08. The number of aliphatic hydroxyl groups is 1. The second-order valence-corrected chi connectivity index (χ2v) is 3.76. The Morgan fingerprint density at radius 2 is 1.88 bits per heavy atom. The summed E-state index contributed by atoms with van der Waals surface area (Å²) >= 11 is 0. The summed E-state index contributed by atoms with van der Waals surface area (Å²) in [6, 6.07) is 2.11. The Bertz CT molecular complexity index is 346. The number of hydrogen-bond donors (Lipinski definition) is 1. The average molecular weight is 246 g/mol. The second kappa shape index (κ2) is 6.51. The highest BCUT2D eigenvalue weighted by Gasteiger charge is 2.15. The molecule has 1 unspecified atom stereocenters. The molecule has 0 aliphatic heterocycles. The molecule has 0 spiro atoms. The van der Waals surface area contributed by atoms with Gasteiger partial charge in [0.2, 0.25) is 0 Å². The number of benzene rings is 1. The average Bonchev–Trinajstić information content (AvgIpc) is 2.30. The van der Waals surface area contributed by atoms with Crippen LogP contribution in [0, 0.1) is 11.6 Å². The van der Waals surface area contributed by atoms with Crippen LogP contribution in [0.1, 0.15) is 18.9 Å². The number of halogens is 2. The van der Waals surface area contributed by atoms with E-state index in [0.717, 1.165) is 12.1 Å². The van der Waals surface area contributed by atoms with Gasteiger partial charge in [0.05, 0.1) is 12.7 Å². The Hall–Kier alpha value is -1.20. The number of ether oxygens (including phenoxy) is 2. The second-order valence-electron chi connectivity index (χ2n) is 3.76. The van der Waals surface area contributed by atoms with E-state index in [1.54, 1.807) is 14.0 Å². The fourth-order valence-corrected chi connectivity index (χ4v) is 1.36. The van der Waals surface area contributed by atoms with Crippen molar-refractivity contribution in [2.24, 2.45) is 0 Å². The highest BCUT2D eigenvalue weighted by atomic mass is 19.1. The topological polar surface area (TPSA) is 38.7 Å². The van der Waals surface area contributed by atoms with Gasteiger partial charge in [0.25, 0.3) is 0 Å². The molecule has 0 saturated carbocycles. The number of rotatable bonds is 6. The van der Waals surface area contributed by atoms with E-state index < -0.39 is 24.0 Å². The van der Waals surface area contributed by atoms with Crippen LogP contribution in [0.3, 0.4) is 0 Å². The predicted molar refractivity (Wildman–Crippen MR) is 58.9 cm³/mol. The first-order valence-electron chi connectivity index (χ1n) is 5.32.